The summed E-state index contributed by atoms with van der Waals surface area (Å²) in [6.45, 7) is 5.48. The maximum Gasteiger partial charge on any atom is 0.349 e. The molecule has 1 heterocycles. The molecule has 118 valence electrons. The van der Waals surface area contributed by atoms with E-state index in [4.69, 9.17) is 0 Å². The topological polar surface area (TPSA) is 78.1 Å². The average molecular weight is 322 g/mol. The lowest BCUT2D eigenvalue weighted by Crippen LogP contribution is -2.32. The molecule has 0 unspecified atom stereocenters. The molecule has 6 nitrogen and oxygen atoms in total. The Hall–Kier alpha value is -2.15. The molecule has 0 N–H and O–H groups in total. The third-order valence-electron chi connectivity index (χ3n) is 3.51. The maximum atomic E-state index is 12.6. The molecule has 2 aromatic rings. The van der Waals surface area contributed by atoms with Crippen molar-refractivity contribution in [3.63, 3.8) is 0 Å². The van der Waals surface area contributed by atoms with Crippen molar-refractivity contribution in [1.82, 2.24) is 8.54 Å². The number of aromatic nitrogens is 2. The average Bonchev–Trinajstić information content (AvgIpc) is 2.84. The Morgan fingerprint density at radius 2 is 1.82 bits per heavy atom. The Labute approximate surface area is 129 Å². The van der Waals surface area contributed by atoms with Crippen molar-refractivity contribution in [2.75, 3.05) is 0 Å². The molecule has 0 spiro atoms. The second kappa shape index (κ2) is 5.92. The molecule has 1 aromatic heterocycles. The van der Waals surface area contributed by atoms with E-state index in [1.807, 2.05) is 13.8 Å². The molecule has 1 aromatic carbocycles. The van der Waals surface area contributed by atoms with Crippen molar-refractivity contribution < 1.29 is 13.2 Å². The standard InChI is InChI=1S/C15H18N2O4S/c1-4-5-14(18)16-8-9-17(15(16)19)22(20,21)13-7-6-11(2)12(3)10-13/h6-10H,4-5H2,1-3H3. The quantitative estimate of drug-likeness (QED) is 0.862. The summed E-state index contributed by atoms with van der Waals surface area (Å²) in [7, 11) is -4.01. The van der Waals surface area contributed by atoms with Gasteiger partial charge in [0.15, 0.2) is 0 Å². The van der Waals surface area contributed by atoms with Crippen molar-refractivity contribution in [3.05, 3.63) is 52.2 Å². The summed E-state index contributed by atoms with van der Waals surface area (Å²) in [5, 5.41) is 0. The van der Waals surface area contributed by atoms with Gasteiger partial charge in [-0.3, -0.25) is 4.79 Å². The van der Waals surface area contributed by atoms with Gasteiger partial charge in [-0.05, 0) is 43.5 Å². The second-order valence-electron chi connectivity index (χ2n) is 5.14. The van der Waals surface area contributed by atoms with E-state index >= 15 is 0 Å². The number of nitrogens with zero attached hydrogens (tertiary/aromatic N) is 2. The SMILES string of the molecule is CCCC(=O)n1ccn(S(=O)(=O)c2ccc(C)c(C)c2)c1=O. The van der Waals surface area contributed by atoms with Gasteiger partial charge in [-0.2, -0.15) is 3.97 Å². The smallest absolute Gasteiger partial charge is 0.274 e. The van der Waals surface area contributed by atoms with Gasteiger partial charge in [0, 0.05) is 18.8 Å². The minimum absolute atomic E-state index is 0.0263. The summed E-state index contributed by atoms with van der Waals surface area (Å²) in [6.07, 6.45) is 3.08. The number of hydrogen-bond donors (Lipinski definition) is 0. The lowest BCUT2D eigenvalue weighted by molar-refractivity contribution is 0.0897. The van der Waals surface area contributed by atoms with E-state index in [0.29, 0.717) is 10.4 Å². The zero-order valence-electron chi connectivity index (χ0n) is 12.7. The van der Waals surface area contributed by atoms with Crippen LogP contribution < -0.4 is 5.69 Å². The Bertz CT molecular complexity index is 875. The number of imidazole rings is 1. The molecule has 0 saturated carbocycles. The number of aryl methyl sites for hydroxylation is 2. The van der Waals surface area contributed by atoms with Gasteiger partial charge in [-0.1, -0.05) is 13.0 Å². The molecule has 0 amide bonds. The lowest BCUT2D eigenvalue weighted by atomic mass is 10.1. The first-order chi connectivity index (χ1) is 10.3. The molecule has 0 bridgehead atoms. The van der Waals surface area contributed by atoms with Crippen LogP contribution in [0.1, 0.15) is 35.7 Å². The highest BCUT2D eigenvalue weighted by Gasteiger charge is 2.22. The molecular formula is C15H18N2O4S. The van der Waals surface area contributed by atoms with Crippen LogP contribution in [0.4, 0.5) is 0 Å². The lowest BCUT2D eigenvalue weighted by Gasteiger charge is -2.07. The van der Waals surface area contributed by atoms with Crippen LogP contribution in [-0.2, 0) is 10.0 Å². The zero-order chi connectivity index (χ0) is 16.5. The van der Waals surface area contributed by atoms with Gasteiger partial charge in [0.25, 0.3) is 10.0 Å². The monoisotopic (exact) mass is 322 g/mol. The minimum atomic E-state index is -4.01. The van der Waals surface area contributed by atoms with Gasteiger partial charge in [0.2, 0.25) is 5.91 Å². The Balaban J connectivity index is 2.53. The second-order valence-corrected chi connectivity index (χ2v) is 6.96. The Morgan fingerprint density at radius 1 is 1.14 bits per heavy atom. The molecule has 0 fully saturated rings. The summed E-state index contributed by atoms with van der Waals surface area (Å²) >= 11 is 0. The highest BCUT2D eigenvalue weighted by atomic mass is 32.2. The minimum Gasteiger partial charge on any atom is -0.274 e. The Morgan fingerprint density at radius 3 is 2.41 bits per heavy atom. The van der Waals surface area contributed by atoms with Gasteiger partial charge < -0.3 is 0 Å². The molecule has 2 rings (SSSR count). The number of rotatable bonds is 4. The highest BCUT2D eigenvalue weighted by molar-refractivity contribution is 7.90. The van der Waals surface area contributed by atoms with Gasteiger partial charge >= 0.3 is 5.69 Å². The summed E-state index contributed by atoms with van der Waals surface area (Å²) in [5.41, 5.74) is 0.911. The molecule has 0 aliphatic carbocycles. The number of benzene rings is 1. The molecule has 7 heteroatoms. The number of carbonyl (C=O) groups excluding carboxylic acids is 1. The van der Waals surface area contributed by atoms with E-state index in [2.05, 4.69) is 0 Å². The fourth-order valence-electron chi connectivity index (χ4n) is 2.06. The summed E-state index contributed by atoms with van der Waals surface area (Å²) in [6, 6.07) is 4.66. The van der Waals surface area contributed by atoms with Gasteiger partial charge in [0.1, 0.15) is 0 Å². The molecule has 0 aliphatic heterocycles. The normalized spacial score (nSPS) is 11.6. The fraction of sp³-hybridized carbons (Fsp3) is 0.333. The fourth-order valence-corrected chi connectivity index (χ4v) is 3.36. The summed E-state index contributed by atoms with van der Waals surface area (Å²) in [4.78, 5) is 24.0. The molecule has 0 saturated heterocycles. The first-order valence-electron chi connectivity index (χ1n) is 6.95. The van der Waals surface area contributed by atoms with Crippen LogP contribution in [0.3, 0.4) is 0 Å². The van der Waals surface area contributed by atoms with Crippen molar-refractivity contribution in [1.29, 1.82) is 0 Å². The van der Waals surface area contributed by atoms with Gasteiger partial charge in [-0.15, -0.1) is 0 Å². The van der Waals surface area contributed by atoms with Crippen molar-refractivity contribution in [2.24, 2.45) is 0 Å². The van der Waals surface area contributed by atoms with Crippen LogP contribution >= 0.6 is 0 Å². The van der Waals surface area contributed by atoms with Gasteiger partial charge in [-0.25, -0.2) is 17.8 Å². The summed E-state index contributed by atoms with van der Waals surface area (Å²) in [5.74, 6) is -0.415. The molecule has 0 radical (unpaired) electrons. The van der Waals surface area contributed by atoms with Crippen molar-refractivity contribution >= 4 is 15.9 Å². The van der Waals surface area contributed by atoms with Crippen LogP contribution in [0.15, 0.2) is 40.3 Å². The predicted octanol–water partition coefficient (Wildman–Crippen LogP) is 1.94. The first kappa shape index (κ1) is 16.2. The number of hydrogen-bond acceptors (Lipinski definition) is 4. The van der Waals surface area contributed by atoms with Crippen LogP contribution in [0.5, 0.6) is 0 Å². The zero-order valence-corrected chi connectivity index (χ0v) is 13.6. The van der Waals surface area contributed by atoms with Crippen molar-refractivity contribution in [3.8, 4) is 0 Å². The third kappa shape index (κ3) is 2.76. The van der Waals surface area contributed by atoms with Crippen LogP contribution in [0.25, 0.3) is 0 Å². The van der Waals surface area contributed by atoms with Crippen molar-refractivity contribution in [2.45, 2.75) is 38.5 Å². The van der Waals surface area contributed by atoms with E-state index < -0.39 is 21.6 Å². The van der Waals surface area contributed by atoms with Crippen LogP contribution in [0, 0.1) is 13.8 Å². The van der Waals surface area contributed by atoms with E-state index in [-0.39, 0.29) is 11.3 Å². The molecular weight excluding hydrogens is 304 g/mol. The third-order valence-corrected chi connectivity index (χ3v) is 5.16. The largest absolute Gasteiger partial charge is 0.349 e. The van der Waals surface area contributed by atoms with Crippen LogP contribution in [-0.4, -0.2) is 22.9 Å². The van der Waals surface area contributed by atoms with E-state index in [1.54, 1.807) is 13.0 Å². The molecule has 0 aliphatic rings. The highest BCUT2D eigenvalue weighted by Crippen LogP contribution is 2.16. The van der Waals surface area contributed by atoms with E-state index in [1.165, 1.54) is 18.3 Å². The maximum absolute atomic E-state index is 12.6. The number of carbonyl (C=O) groups is 1. The molecule has 0 atom stereocenters. The van der Waals surface area contributed by atoms with Crippen LogP contribution in [0.2, 0.25) is 0 Å². The molecule has 22 heavy (non-hydrogen) atoms. The summed E-state index contributed by atoms with van der Waals surface area (Å²) < 4.78 is 26.5. The predicted molar refractivity (Wildman–Crippen MR) is 82.7 cm³/mol. The first-order valence-corrected chi connectivity index (χ1v) is 8.39. The Kier molecular flexibility index (Phi) is 4.37. The van der Waals surface area contributed by atoms with E-state index in [9.17, 15) is 18.0 Å². The van der Waals surface area contributed by atoms with E-state index in [0.717, 1.165) is 21.9 Å². The van der Waals surface area contributed by atoms with Gasteiger partial charge in [0.05, 0.1) is 4.90 Å².